The molecule has 5 nitrogen and oxygen atoms in total. The second kappa shape index (κ2) is 9.00. The van der Waals surface area contributed by atoms with Crippen LogP contribution in [0.4, 0.5) is 8.78 Å². The molecule has 0 saturated carbocycles. The lowest BCUT2D eigenvalue weighted by Crippen LogP contribution is -2.21. The van der Waals surface area contributed by atoms with Crippen LogP contribution in [0.15, 0.2) is 61.3 Å². The molecule has 2 aromatic carbocycles. The van der Waals surface area contributed by atoms with Crippen LogP contribution in [0.25, 0.3) is 10.9 Å². The Hall–Kier alpha value is -3.32. The Labute approximate surface area is 173 Å². The number of rotatable bonds is 8. The fraction of sp³-hybridized carbons (Fsp3) is 0.217. The summed E-state index contributed by atoms with van der Waals surface area (Å²) in [7, 11) is 0. The summed E-state index contributed by atoms with van der Waals surface area (Å²) in [6.07, 6.45) is 3.18. The first kappa shape index (κ1) is 21.4. The molecule has 3 aromatic rings. The lowest BCUT2D eigenvalue weighted by atomic mass is 9.98. The molecule has 1 heterocycles. The van der Waals surface area contributed by atoms with Crippen LogP contribution in [-0.2, 0) is 23.7 Å². The van der Waals surface area contributed by atoms with Gasteiger partial charge in [0.1, 0.15) is 11.3 Å². The number of fused-ring (bicyclic) bond motifs is 1. The van der Waals surface area contributed by atoms with E-state index < -0.39 is 5.92 Å². The monoisotopic (exact) mass is 412 g/mol. The standard InChI is InChI=1S/C23H22F2N2O3/c1-3-21(29)27-14-15-13-20(22-19(5-4-11-26-22)18(15)10-12-28)30-17-8-6-16(7-9-17)23(2,24)25/h3-9,11,13,28H,1,10,12,14H2,2H3,(H,27,29). The summed E-state index contributed by atoms with van der Waals surface area (Å²) in [5, 5.41) is 13.0. The number of aromatic nitrogens is 1. The average Bonchev–Trinajstić information content (AvgIpc) is 2.73. The lowest BCUT2D eigenvalue weighted by molar-refractivity contribution is -0.116. The minimum Gasteiger partial charge on any atom is -0.455 e. The molecule has 1 amide bonds. The molecule has 0 atom stereocenters. The van der Waals surface area contributed by atoms with Crippen molar-refractivity contribution in [1.82, 2.24) is 10.3 Å². The van der Waals surface area contributed by atoms with Crippen molar-refractivity contribution in [3.05, 3.63) is 78.0 Å². The topological polar surface area (TPSA) is 71.5 Å². The quantitative estimate of drug-likeness (QED) is 0.536. The van der Waals surface area contributed by atoms with Gasteiger partial charge in [0.2, 0.25) is 5.91 Å². The lowest BCUT2D eigenvalue weighted by Gasteiger charge is -2.17. The molecule has 0 spiro atoms. The number of alkyl halides is 2. The molecule has 0 aliphatic rings. The normalized spacial score (nSPS) is 11.3. The number of halogens is 2. The summed E-state index contributed by atoms with van der Waals surface area (Å²) in [6.45, 7) is 4.42. The van der Waals surface area contributed by atoms with Crippen LogP contribution in [0.2, 0.25) is 0 Å². The number of aliphatic hydroxyl groups is 1. The van der Waals surface area contributed by atoms with Crippen molar-refractivity contribution in [2.75, 3.05) is 6.61 Å². The van der Waals surface area contributed by atoms with Gasteiger partial charge in [0.05, 0.1) is 0 Å². The van der Waals surface area contributed by atoms with Crippen LogP contribution < -0.4 is 10.1 Å². The van der Waals surface area contributed by atoms with Crippen LogP contribution in [-0.4, -0.2) is 22.6 Å². The molecule has 7 heteroatoms. The zero-order valence-electron chi connectivity index (χ0n) is 16.5. The number of nitrogens with one attached hydrogen (secondary N) is 1. The summed E-state index contributed by atoms with van der Waals surface area (Å²) < 4.78 is 32.9. The summed E-state index contributed by atoms with van der Waals surface area (Å²) >= 11 is 0. The number of hydrogen-bond donors (Lipinski definition) is 2. The number of hydrogen-bond acceptors (Lipinski definition) is 4. The zero-order valence-corrected chi connectivity index (χ0v) is 16.5. The Kier molecular flexibility index (Phi) is 6.42. The third-order valence-electron chi connectivity index (χ3n) is 4.65. The van der Waals surface area contributed by atoms with Gasteiger partial charge < -0.3 is 15.2 Å². The molecule has 0 unspecified atom stereocenters. The number of aliphatic hydroxyl groups excluding tert-OH is 1. The van der Waals surface area contributed by atoms with E-state index in [2.05, 4.69) is 16.9 Å². The molecule has 156 valence electrons. The summed E-state index contributed by atoms with van der Waals surface area (Å²) in [4.78, 5) is 16.0. The first-order valence-electron chi connectivity index (χ1n) is 9.40. The molecule has 0 bridgehead atoms. The van der Waals surface area contributed by atoms with E-state index in [9.17, 15) is 18.7 Å². The van der Waals surface area contributed by atoms with Crippen LogP contribution in [0.3, 0.4) is 0 Å². The molecule has 0 saturated heterocycles. The fourth-order valence-corrected chi connectivity index (χ4v) is 3.17. The second-order valence-electron chi connectivity index (χ2n) is 6.82. The molecule has 2 N–H and O–H groups in total. The van der Waals surface area contributed by atoms with Gasteiger partial charge >= 0.3 is 0 Å². The molecule has 0 radical (unpaired) electrons. The third-order valence-corrected chi connectivity index (χ3v) is 4.65. The highest BCUT2D eigenvalue weighted by molar-refractivity contribution is 5.90. The van der Waals surface area contributed by atoms with E-state index in [-0.39, 0.29) is 24.6 Å². The molecule has 0 fully saturated rings. The molecule has 0 aliphatic heterocycles. The van der Waals surface area contributed by atoms with Gasteiger partial charge in [-0.25, -0.2) is 8.78 Å². The SMILES string of the molecule is C=CC(=O)NCc1cc(Oc2ccc(C(C)(F)F)cc2)c2ncccc2c1CCO. The Morgan fingerprint density at radius 1 is 1.30 bits per heavy atom. The van der Waals surface area contributed by atoms with Crippen molar-refractivity contribution >= 4 is 16.8 Å². The highest BCUT2D eigenvalue weighted by Crippen LogP contribution is 2.35. The van der Waals surface area contributed by atoms with Crippen LogP contribution >= 0.6 is 0 Å². The Bertz CT molecular complexity index is 1060. The van der Waals surface area contributed by atoms with Crippen LogP contribution in [0, 0.1) is 0 Å². The zero-order chi connectivity index (χ0) is 21.7. The first-order chi connectivity index (χ1) is 14.3. The predicted octanol–water partition coefficient (Wildman–Crippen LogP) is 4.48. The van der Waals surface area contributed by atoms with E-state index >= 15 is 0 Å². The van der Waals surface area contributed by atoms with Gasteiger partial charge in [-0.3, -0.25) is 9.78 Å². The maximum atomic E-state index is 13.5. The summed E-state index contributed by atoms with van der Waals surface area (Å²) in [5.74, 6) is -2.46. The highest BCUT2D eigenvalue weighted by Gasteiger charge is 2.24. The average molecular weight is 412 g/mol. The molecular formula is C23H22F2N2O3. The Morgan fingerprint density at radius 3 is 2.67 bits per heavy atom. The molecule has 3 rings (SSSR count). The van der Waals surface area contributed by atoms with Gasteiger partial charge in [0, 0.05) is 37.2 Å². The number of pyridine rings is 1. The van der Waals surface area contributed by atoms with Crippen LogP contribution in [0.1, 0.15) is 23.6 Å². The van der Waals surface area contributed by atoms with Crippen LogP contribution in [0.5, 0.6) is 11.5 Å². The maximum absolute atomic E-state index is 13.5. The smallest absolute Gasteiger partial charge is 0.270 e. The highest BCUT2D eigenvalue weighted by atomic mass is 19.3. The third kappa shape index (κ3) is 4.80. The number of ether oxygens (including phenoxy) is 1. The van der Waals surface area contributed by atoms with Gasteiger partial charge in [-0.1, -0.05) is 12.6 Å². The van der Waals surface area contributed by atoms with Gasteiger partial charge in [0.15, 0.2) is 5.75 Å². The van der Waals surface area contributed by atoms with E-state index in [4.69, 9.17) is 4.74 Å². The molecule has 1 aromatic heterocycles. The van der Waals surface area contributed by atoms with Gasteiger partial charge in [-0.2, -0.15) is 0 Å². The second-order valence-corrected chi connectivity index (χ2v) is 6.82. The minimum absolute atomic E-state index is 0.0701. The molecular weight excluding hydrogens is 390 g/mol. The number of benzene rings is 2. The number of carbonyl (C=O) groups excluding carboxylic acids is 1. The van der Waals surface area contributed by atoms with Crippen molar-refractivity contribution in [3.8, 4) is 11.5 Å². The number of amides is 1. The minimum atomic E-state index is -2.94. The van der Waals surface area contributed by atoms with Crippen molar-refractivity contribution in [2.24, 2.45) is 0 Å². The van der Waals surface area contributed by atoms with Gasteiger partial charge in [-0.05, 0) is 60.0 Å². The van der Waals surface area contributed by atoms with Crippen molar-refractivity contribution in [3.63, 3.8) is 0 Å². The van der Waals surface area contributed by atoms with Gasteiger partial charge in [0.25, 0.3) is 5.92 Å². The fourth-order valence-electron chi connectivity index (χ4n) is 3.17. The first-order valence-corrected chi connectivity index (χ1v) is 9.40. The van der Waals surface area contributed by atoms with Crippen molar-refractivity contribution < 1.29 is 23.4 Å². The molecule has 0 aliphatic carbocycles. The summed E-state index contributed by atoms with van der Waals surface area (Å²) in [6, 6.07) is 11.0. The number of carbonyl (C=O) groups is 1. The van der Waals surface area contributed by atoms with E-state index in [0.717, 1.165) is 23.4 Å². The maximum Gasteiger partial charge on any atom is 0.270 e. The predicted molar refractivity (Wildman–Crippen MR) is 111 cm³/mol. The number of nitrogens with zero attached hydrogens (tertiary/aromatic N) is 1. The van der Waals surface area contributed by atoms with E-state index in [1.807, 2.05) is 6.07 Å². The van der Waals surface area contributed by atoms with E-state index in [0.29, 0.717) is 23.4 Å². The van der Waals surface area contributed by atoms with E-state index in [1.54, 1.807) is 18.3 Å². The largest absolute Gasteiger partial charge is 0.455 e. The van der Waals surface area contributed by atoms with Crippen molar-refractivity contribution in [2.45, 2.75) is 25.8 Å². The molecule has 30 heavy (non-hydrogen) atoms. The van der Waals surface area contributed by atoms with Crippen molar-refractivity contribution in [1.29, 1.82) is 0 Å². The Balaban J connectivity index is 2.03. The summed E-state index contributed by atoms with van der Waals surface area (Å²) in [5.41, 5.74) is 2.07. The Morgan fingerprint density at radius 2 is 2.03 bits per heavy atom. The van der Waals surface area contributed by atoms with E-state index in [1.165, 1.54) is 30.3 Å². The van der Waals surface area contributed by atoms with Gasteiger partial charge in [-0.15, -0.1) is 0 Å².